The molecule has 0 fully saturated rings. The quantitative estimate of drug-likeness (QED) is 0.799. The number of rotatable bonds is 6. The van der Waals surface area contributed by atoms with Crippen LogP contribution in [0.4, 0.5) is 0 Å². The lowest BCUT2D eigenvalue weighted by Crippen LogP contribution is -2.32. The molecule has 0 aromatic heterocycles. The van der Waals surface area contributed by atoms with E-state index in [1.807, 2.05) is 30.3 Å². The molecule has 0 spiro atoms. The maximum Gasteiger partial charge on any atom is 0.149 e. The zero-order valence-electron chi connectivity index (χ0n) is 10.1. The fourth-order valence-electron chi connectivity index (χ4n) is 1.60. The minimum atomic E-state index is -0.346. The molecule has 0 amide bonds. The molecule has 0 saturated heterocycles. The van der Waals surface area contributed by atoms with E-state index in [-0.39, 0.29) is 11.8 Å². The normalized spacial score (nSPS) is 12.8. The lowest BCUT2D eigenvalue weighted by molar-refractivity contribution is -0.120. The molecule has 88 valence electrons. The summed E-state index contributed by atoms with van der Waals surface area (Å²) < 4.78 is 0. The Labute approximate surface area is 97.9 Å². The molecule has 2 nitrogen and oxygen atoms in total. The van der Waals surface area contributed by atoms with Crippen LogP contribution in [-0.2, 0) is 11.2 Å². The SMILES string of the molecule is CC(C)CCC(=O)[C@@H](N)Cc1ccccc1. The van der Waals surface area contributed by atoms with Crippen molar-refractivity contribution in [3.63, 3.8) is 0 Å². The topological polar surface area (TPSA) is 43.1 Å². The van der Waals surface area contributed by atoms with E-state index in [0.717, 1.165) is 12.0 Å². The summed E-state index contributed by atoms with van der Waals surface area (Å²) in [4.78, 5) is 11.7. The van der Waals surface area contributed by atoms with E-state index in [9.17, 15) is 4.79 Å². The van der Waals surface area contributed by atoms with Crippen LogP contribution in [0, 0.1) is 5.92 Å². The van der Waals surface area contributed by atoms with Crippen LogP contribution in [0.15, 0.2) is 30.3 Å². The number of ketones is 1. The molecule has 0 aliphatic carbocycles. The van der Waals surface area contributed by atoms with Crippen molar-refractivity contribution in [3.8, 4) is 0 Å². The van der Waals surface area contributed by atoms with E-state index in [0.29, 0.717) is 18.8 Å². The second kappa shape index (κ2) is 6.44. The first kappa shape index (κ1) is 12.9. The predicted molar refractivity (Wildman–Crippen MR) is 67.2 cm³/mol. The van der Waals surface area contributed by atoms with Crippen LogP contribution >= 0.6 is 0 Å². The number of nitrogens with two attached hydrogens (primary N) is 1. The Morgan fingerprint density at radius 2 is 1.88 bits per heavy atom. The first-order valence-corrected chi connectivity index (χ1v) is 5.92. The lowest BCUT2D eigenvalue weighted by Gasteiger charge is -2.11. The number of Topliss-reactive ketones (excluding diaryl/α,β-unsaturated/α-hetero) is 1. The standard InChI is InChI=1S/C14H21NO/c1-11(2)8-9-14(16)13(15)10-12-6-4-3-5-7-12/h3-7,11,13H,8-10,15H2,1-2H3/t13-/m0/s1. The minimum Gasteiger partial charge on any atom is -0.321 e. The molecule has 1 aromatic rings. The number of hydrogen-bond acceptors (Lipinski definition) is 2. The van der Waals surface area contributed by atoms with Crippen molar-refractivity contribution in [1.29, 1.82) is 0 Å². The molecule has 0 aliphatic heterocycles. The molecule has 1 rings (SSSR count). The minimum absolute atomic E-state index is 0.178. The maximum atomic E-state index is 11.7. The maximum absolute atomic E-state index is 11.7. The molecule has 0 aliphatic rings. The second-order valence-electron chi connectivity index (χ2n) is 4.70. The monoisotopic (exact) mass is 219 g/mol. The number of hydrogen-bond donors (Lipinski definition) is 1. The first-order valence-electron chi connectivity index (χ1n) is 5.92. The van der Waals surface area contributed by atoms with E-state index in [4.69, 9.17) is 5.73 Å². The summed E-state index contributed by atoms with van der Waals surface area (Å²) >= 11 is 0. The van der Waals surface area contributed by atoms with Crippen molar-refractivity contribution in [1.82, 2.24) is 0 Å². The summed E-state index contributed by atoms with van der Waals surface area (Å²) in [5.41, 5.74) is 7.02. The van der Waals surface area contributed by atoms with Crippen molar-refractivity contribution >= 4 is 5.78 Å². The van der Waals surface area contributed by atoms with Crippen molar-refractivity contribution in [3.05, 3.63) is 35.9 Å². The third kappa shape index (κ3) is 4.58. The van der Waals surface area contributed by atoms with Gasteiger partial charge in [-0.2, -0.15) is 0 Å². The zero-order chi connectivity index (χ0) is 12.0. The van der Waals surface area contributed by atoms with Crippen LogP contribution in [0.3, 0.4) is 0 Å². The Balaban J connectivity index is 2.40. The molecule has 0 saturated carbocycles. The fourth-order valence-corrected chi connectivity index (χ4v) is 1.60. The van der Waals surface area contributed by atoms with Crippen LogP contribution in [0.5, 0.6) is 0 Å². The van der Waals surface area contributed by atoms with Gasteiger partial charge in [0.05, 0.1) is 6.04 Å². The van der Waals surface area contributed by atoms with Crippen LogP contribution < -0.4 is 5.73 Å². The lowest BCUT2D eigenvalue weighted by atomic mass is 9.98. The summed E-state index contributed by atoms with van der Waals surface area (Å²) in [6.45, 7) is 4.24. The molecular formula is C14H21NO. The van der Waals surface area contributed by atoms with E-state index in [2.05, 4.69) is 13.8 Å². The third-order valence-corrected chi connectivity index (χ3v) is 2.68. The molecule has 0 heterocycles. The number of carbonyl (C=O) groups is 1. The van der Waals surface area contributed by atoms with E-state index < -0.39 is 0 Å². The highest BCUT2D eigenvalue weighted by Crippen LogP contribution is 2.08. The molecule has 0 radical (unpaired) electrons. The Morgan fingerprint density at radius 1 is 1.25 bits per heavy atom. The van der Waals surface area contributed by atoms with Gasteiger partial charge in [-0.3, -0.25) is 4.79 Å². The average Bonchev–Trinajstić information content (AvgIpc) is 2.27. The number of benzene rings is 1. The number of carbonyl (C=O) groups excluding carboxylic acids is 1. The van der Waals surface area contributed by atoms with Gasteiger partial charge < -0.3 is 5.73 Å². The van der Waals surface area contributed by atoms with E-state index in [1.54, 1.807) is 0 Å². The van der Waals surface area contributed by atoms with Gasteiger partial charge in [-0.25, -0.2) is 0 Å². The smallest absolute Gasteiger partial charge is 0.149 e. The third-order valence-electron chi connectivity index (χ3n) is 2.68. The van der Waals surface area contributed by atoms with Crippen LogP contribution in [0.1, 0.15) is 32.3 Å². The largest absolute Gasteiger partial charge is 0.321 e. The van der Waals surface area contributed by atoms with Gasteiger partial charge in [0.15, 0.2) is 0 Å². The molecular weight excluding hydrogens is 198 g/mol. The van der Waals surface area contributed by atoms with Crippen molar-refractivity contribution in [2.75, 3.05) is 0 Å². The highest BCUT2D eigenvalue weighted by Gasteiger charge is 2.13. The first-order chi connectivity index (χ1) is 7.59. The predicted octanol–water partition coefficient (Wildman–Crippen LogP) is 2.56. The molecule has 0 bridgehead atoms. The summed E-state index contributed by atoms with van der Waals surface area (Å²) in [5.74, 6) is 0.741. The van der Waals surface area contributed by atoms with Gasteiger partial charge >= 0.3 is 0 Å². The fraction of sp³-hybridized carbons (Fsp3) is 0.500. The second-order valence-corrected chi connectivity index (χ2v) is 4.70. The summed E-state index contributed by atoms with van der Waals surface area (Å²) in [6.07, 6.45) is 2.19. The van der Waals surface area contributed by atoms with E-state index >= 15 is 0 Å². The summed E-state index contributed by atoms with van der Waals surface area (Å²) in [6, 6.07) is 9.59. The van der Waals surface area contributed by atoms with E-state index in [1.165, 1.54) is 0 Å². The van der Waals surface area contributed by atoms with Gasteiger partial charge in [-0.15, -0.1) is 0 Å². The van der Waals surface area contributed by atoms with Crippen molar-refractivity contribution < 1.29 is 4.79 Å². The Hall–Kier alpha value is -1.15. The van der Waals surface area contributed by atoms with Gasteiger partial charge in [-0.1, -0.05) is 44.2 Å². The van der Waals surface area contributed by atoms with Crippen LogP contribution in [0.25, 0.3) is 0 Å². The Kier molecular flexibility index (Phi) is 5.20. The molecule has 2 N–H and O–H groups in total. The Bertz CT molecular complexity index is 319. The molecule has 1 aromatic carbocycles. The zero-order valence-corrected chi connectivity index (χ0v) is 10.1. The van der Waals surface area contributed by atoms with Gasteiger partial charge in [0, 0.05) is 6.42 Å². The van der Waals surface area contributed by atoms with Crippen LogP contribution in [-0.4, -0.2) is 11.8 Å². The average molecular weight is 219 g/mol. The highest BCUT2D eigenvalue weighted by molar-refractivity contribution is 5.84. The van der Waals surface area contributed by atoms with Gasteiger partial charge in [0.2, 0.25) is 0 Å². The molecule has 2 heteroatoms. The summed E-state index contributed by atoms with van der Waals surface area (Å²) in [7, 11) is 0. The van der Waals surface area contributed by atoms with Gasteiger partial charge in [-0.05, 0) is 24.3 Å². The molecule has 1 atom stereocenters. The van der Waals surface area contributed by atoms with Gasteiger partial charge in [0.1, 0.15) is 5.78 Å². The molecule has 16 heavy (non-hydrogen) atoms. The molecule has 0 unspecified atom stereocenters. The van der Waals surface area contributed by atoms with Gasteiger partial charge in [0.25, 0.3) is 0 Å². The highest BCUT2D eigenvalue weighted by atomic mass is 16.1. The summed E-state index contributed by atoms with van der Waals surface area (Å²) in [5, 5.41) is 0. The Morgan fingerprint density at radius 3 is 2.44 bits per heavy atom. The van der Waals surface area contributed by atoms with Crippen LogP contribution in [0.2, 0.25) is 0 Å². The van der Waals surface area contributed by atoms with Crippen molar-refractivity contribution in [2.24, 2.45) is 11.7 Å². The van der Waals surface area contributed by atoms with Crippen molar-refractivity contribution in [2.45, 2.75) is 39.2 Å².